The number of hydroxylamine groups is 1. The van der Waals surface area contributed by atoms with Crippen molar-refractivity contribution in [3.05, 3.63) is 35.5 Å². The smallest absolute Gasteiger partial charge is 0.275 e. The van der Waals surface area contributed by atoms with Crippen molar-refractivity contribution in [2.45, 2.75) is 34.2 Å². The molecule has 0 radical (unpaired) electrons. The SMILES string of the molecule is CC.CCONC(=O)c1cc(OC)cc(N(C)Cc2cnc(NCCN3CCOCC3)nc2N(C=O)CC)c1. The van der Waals surface area contributed by atoms with Gasteiger partial charge in [-0.05, 0) is 26.0 Å². The molecule has 12 heteroatoms. The molecule has 2 amide bonds. The molecule has 0 bridgehead atoms. The quantitative estimate of drug-likeness (QED) is 0.271. The Labute approximate surface area is 231 Å². The zero-order chi connectivity index (χ0) is 28.6. The number of anilines is 3. The average molecular weight is 546 g/mol. The number of rotatable bonds is 14. The summed E-state index contributed by atoms with van der Waals surface area (Å²) < 4.78 is 10.8. The Morgan fingerprint density at radius 2 is 1.95 bits per heavy atom. The maximum Gasteiger partial charge on any atom is 0.275 e. The van der Waals surface area contributed by atoms with Gasteiger partial charge in [0.1, 0.15) is 11.6 Å². The number of amides is 2. The van der Waals surface area contributed by atoms with Gasteiger partial charge in [-0.15, -0.1) is 0 Å². The minimum Gasteiger partial charge on any atom is -0.497 e. The van der Waals surface area contributed by atoms with E-state index >= 15 is 0 Å². The van der Waals surface area contributed by atoms with E-state index in [9.17, 15) is 9.59 Å². The van der Waals surface area contributed by atoms with E-state index in [1.807, 2.05) is 38.8 Å². The number of hydrogen-bond donors (Lipinski definition) is 2. The second-order valence-electron chi connectivity index (χ2n) is 8.45. The van der Waals surface area contributed by atoms with E-state index in [-0.39, 0.29) is 5.91 Å². The van der Waals surface area contributed by atoms with Crippen molar-refractivity contribution in [3.63, 3.8) is 0 Å². The summed E-state index contributed by atoms with van der Waals surface area (Å²) >= 11 is 0. The molecule has 2 N–H and O–H groups in total. The number of carbonyl (C=O) groups is 2. The Morgan fingerprint density at radius 1 is 1.21 bits per heavy atom. The maximum atomic E-state index is 12.5. The molecule has 0 atom stereocenters. The van der Waals surface area contributed by atoms with E-state index in [0.717, 1.165) is 50.5 Å². The third-order valence-corrected chi connectivity index (χ3v) is 5.94. The molecule has 0 unspecified atom stereocenters. The van der Waals surface area contributed by atoms with Gasteiger partial charge in [0.15, 0.2) is 0 Å². The van der Waals surface area contributed by atoms with Crippen molar-refractivity contribution in [2.75, 3.05) is 81.8 Å². The lowest BCUT2D eigenvalue weighted by atomic mass is 10.1. The summed E-state index contributed by atoms with van der Waals surface area (Å²) in [6, 6.07) is 5.22. The van der Waals surface area contributed by atoms with Gasteiger partial charge in [0.2, 0.25) is 12.4 Å². The van der Waals surface area contributed by atoms with Gasteiger partial charge < -0.3 is 19.7 Å². The highest BCUT2D eigenvalue weighted by molar-refractivity contribution is 5.95. The van der Waals surface area contributed by atoms with Gasteiger partial charge in [-0.1, -0.05) is 13.8 Å². The summed E-state index contributed by atoms with van der Waals surface area (Å²) in [5.41, 5.74) is 4.31. The summed E-state index contributed by atoms with van der Waals surface area (Å²) in [4.78, 5) is 44.3. The molecule has 2 aromatic rings. The average Bonchev–Trinajstić information content (AvgIpc) is 2.98. The number of ether oxygens (including phenoxy) is 2. The minimum atomic E-state index is -0.370. The first kappa shape index (κ1) is 31.7. The van der Waals surface area contributed by atoms with Crippen LogP contribution in [0, 0.1) is 0 Å². The summed E-state index contributed by atoms with van der Waals surface area (Å²) in [7, 11) is 3.43. The molecule has 216 valence electrons. The molecule has 0 saturated carbocycles. The Morgan fingerprint density at radius 3 is 2.59 bits per heavy atom. The Kier molecular flexibility index (Phi) is 14.0. The molecule has 1 aromatic heterocycles. The van der Waals surface area contributed by atoms with Crippen LogP contribution in [-0.4, -0.2) is 93.9 Å². The van der Waals surface area contributed by atoms with Crippen LogP contribution in [0.1, 0.15) is 43.6 Å². The molecule has 2 heterocycles. The van der Waals surface area contributed by atoms with Gasteiger partial charge in [0, 0.05) is 75.4 Å². The van der Waals surface area contributed by atoms with Crippen molar-refractivity contribution in [3.8, 4) is 5.75 Å². The molecule has 1 aromatic carbocycles. The predicted octanol–water partition coefficient (Wildman–Crippen LogP) is 2.56. The summed E-state index contributed by atoms with van der Waals surface area (Å²) in [6.07, 6.45) is 2.50. The van der Waals surface area contributed by atoms with Crippen molar-refractivity contribution in [1.29, 1.82) is 0 Å². The summed E-state index contributed by atoms with van der Waals surface area (Å²) in [5, 5.41) is 3.27. The molecular formula is C27H43N7O5. The first-order valence-corrected chi connectivity index (χ1v) is 13.4. The molecule has 1 aliphatic heterocycles. The maximum absolute atomic E-state index is 12.5. The Bertz CT molecular complexity index is 1030. The van der Waals surface area contributed by atoms with Crippen LogP contribution in [0.15, 0.2) is 24.4 Å². The summed E-state index contributed by atoms with van der Waals surface area (Å²) in [5.74, 6) is 1.16. The van der Waals surface area contributed by atoms with Crippen LogP contribution < -0.4 is 25.3 Å². The normalized spacial score (nSPS) is 13.1. The van der Waals surface area contributed by atoms with Crippen LogP contribution in [0.25, 0.3) is 0 Å². The van der Waals surface area contributed by atoms with E-state index in [2.05, 4.69) is 25.7 Å². The lowest BCUT2D eigenvalue weighted by Gasteiger charge is -2.26. The number of morpholine rings is 1. The lowest BCUT2D eigenvalue weighted by Crippen LogP contribution is -2.39. The van der Waals surface area contributed by atoms with Gasteiger partial charge in [-0.3, -0.25) is 24.2 Å². The van der Waals surface area contributed by atoms with Crippen LogP contribution in [0.5, 0.6) is 5.75 Å². The zero-order valence-electron chi connectivity index (χ0n) is 24.0. The number of nitrogens with zero attached hydrogens (tertiary/aromatic N) is 5. The van der Waals surface area contributed by atoms with Crippen LogP contribution >= 0.6 is 0 Å². The first-order valence-electron chi connectivity index (χ1n) is 13.4. The number of hydrogen-bond acceptors (Lipinski definition) is 10. The number of carbonyl (C=O) groups excluding carboxylic acids is 2. The van der Waals surface area contributed by atoms with Crippen molar-refractivity contribution in [2.24, 2.45) is 0 Å². The number of aromatic nitrogens is 2. The molecule has 39 heavy (non-hydrogen) atoms. The van der Waals surface area contributed by atoms with E-state index in [4.69, 9.17) is 14.3 Å². The standard InChI is InChI=1S/C25H37N7O5.C2H6/c1-5-32(18-33)23-20(16-27-25(28-23)26-7-8-31-9-11-36-12-10-31)17-30(3)21-13-19(14-22(15-21)35-4)24(34)29-37-6-2;1-2/h13-16,18H,5-12,17H2,1-4H3,(H,29,34)(H,26,27,28);1-2H3. The molecule has 1 saturated heterocycles. The number of nitrogens with one attached hydrogen (secondary N) is 2. The molecule has 12 nitrogen and oxygen atoms in total. The van der Waals surface area contributed by atoms with Crippen LogP contribution in [-0.2, 0) is 20.9 Å². The topological polar surface area (TPSA) is 121 Å². The third kappa shape index (κ3) is 9.65. The van der Waals surface area contributed by atoms with Crippen molar-refractivity contribution in [1.82, 2.24) is 20.3 Å². The Balaban J connectivity index is 0.00000260. The first-order chi connectivity index (χ1) is 19.0. The van der Waals surface area contributed by atoms with E-state index in [1.54, 1.807) is 37.3 Å². The molecule has 3 rings (SSSR count). The fraction of sp³-hybridized carbons (Fsp3) is 0.556. The van der Waals surface area contributed by atoms with Crippen LogP contribution in [0.3, 0.4) is 0 Å². The van der Waals surface area contributed by atoms with E-state index in [1.165, 1.54) is 0 Å². The van der Waals surface area contributed by atoms with Crippen molar-refractivity contribution < 1.29 is 23.9 Å². The second-order valence-corrected chi connectivity index (χ2v) is 8.45. The van der Waals surface area contributed by atoms with Gasteiger partial charge in [-0.25, -0.2) is 10.5 Å². The predicted molar refractivity (Wildman–Crippen MR) is 152 cm³/mol. The number of methoxy groups -OCH3 is 1. The van der Waals surface area contributed by atoms with Crippen LogP contribution in [0.4, 0.5) is 17.5 Å². The lowest BCUT2D eigenvalue weighted by molar-refractivity contribution is -0.107. The van der Waals surface area contributed by atoms with Gasteiger partial charge in [0.25, 0.3) is 5.91 Å². The second kappa shape index (κ2) is 17.2. The molecule has 1 fully saturated rings. The third-order valence-electron chi connectivity index (χ3n) is 5.94. The van der Waals surface area contributed by atoms with E-state index in [0.29, 0.717) is 49.3 Å². The zero-order valence-corrected chi connectivity index (χ0v) is 24.0. The van der Waals surface area contributed by atoms with Crippen molar-refractivity contribution >= 4 is 29.8 Å². The monoisotopic (exact) mass is 545 g/mol. The summed E-state index contributed by atoms with van der Waals surface area (Å²) in [6.45, 7) is 13.7. The molecule has 0 aliphatic carbocycles. The minimum absolute atomic E-state index is 0.355. The molecular weight excluding hydrogens is 502 g/mol. The highest BCUT2D eigenvalue weighted by atomic mass is 16.6. The fourth-order valence-electron chi connectivity index (χ4n) is 3.86. The highest BCUT2D eigenvalue weighted by Gasteiger charge is 2.18. The fourth-order valence-corrected chi connectivity index (χ4v) is 3.86. The highest BCUT2D eigenvalue weighted by Crippen LogP contribution is 2.27. The largest absolute Gasteiger partial charge is 0.497 e. The van der Waals surface area contributed by atoms with Gasteiger partial charge in [-0.2, -0.15) is 4.98 Å². The number of benzene rings is 1. The van der Waals surface area contributed by atoms with Gasteiger partial charge in [0.05, 0.1) is 26.9 Å². The molecule has 0 spiro atoms. The van der Waals surface area contributed by atoms with Gasteiger partial charge >= 0.3 is 0 Å². The van der Waals surface area contributed by atoms with E-state index < -0.39 is 0 Å². The Hall–Kier alpha value is -3.48. The van der Waals surface area contributed by atoms with Crippen LogP contribution in [0.2, 0.25) is 0 Å². The molecule has 1 aliphatic rings.